The van der Waals surface area contributed by atoms with Crippen LogP contribution in [0.15, 0.2) is 0 Å². The molecule has 2 unspecified atom stereocenters. The van der Waals surface area contributed by atoms with Crippen molar-refractivity contribution in [3.8, 4) is 0 Å². The smallest absolute Gasteiger partial charge is 0.0779 e. The summed E-state index contributed by atoms with van der Waals surface area (Å²) < 4.78 is 5.82. The Kier molecular flexibility index (Phi) is 4.11. The summed E-state index contributed by atoms with van der Waals surface area (Å²) >= 11 is 0. The second-order valence-electron chi connectivity index (χ2n) is 6.52. The first-order chi connectivity index (χ1) is 8.05. The fourth-order valence-electron chi connectivity index (χ4n) is 2.94. The van der Waals surface area contributed by atoms with Gasteiger partial charge < -0.3 is 15.8 Å². The molecule has 1 aliphatic carbocycles. The minimum Gasteiger partial charge on any atom is -0.374 e. The van der Waals surface area contributed by atoms with E-state index in [4.69, 9.17) is 10.5 Å². The molecule has 1 heterocycles. The Balaban J connectivity index is 1.80. The zero-order valence-electron chi connectivity index (χ0n) is 11.4. The first kappa shape index (κ1) is 13.3. The zero-order valence-corrected chi connectivity index (χ0v) is 11.4. The lowest BCUT2D eigenvalue weighted by atomic mass is 9.76. The van der Waals surface area contributed by atoms with Crippen molar-refractivity contribution >= 4 is 0 Å². The molecule has 0 bridgehead atoms. The van der Waals surface area contributed by atoms with Crippen LogP contribution in [0.3, 0.4) is 0 Å². The van der Waals surface area contributed by atoms with Gasteiger partial charge >= 0.3 is 0 Å². The molecule has 1 saturated carbocycles. The summed E-state index contributed by atoms with van der Waals surface area (Å²) in [7, 11) is 0. The molecule has 3 N–H and O–H groups in total. The molecule has 0 radical (unpaired) electrons. The van der Waals surface area contributed by atoms with E-state index in [0.29, 0.717) is 0 Å². The second kappa shape index (κ2) is 5.25. The van der Waals surface area contributed by atoms with Gasteiger partial charge in [-0.15, -0.1) is 0 Å². The maximum atomic E-state index is 5.96. The molecule has 3 nitrogen and oxygen atoms in total. The highest BCUT2D eigenvalue weighted by molar-refractivity contribution is 4.93. The monoisotopic (exact) mass is 240 g/mol. The van der Waals surface area contributed by atoms with Gasteiger partial charge in [0, 0.05) is 25.2 Å². The number of nitrogens with two attached hydrogens (primary N) is 1. The number of nitrogens with one attached hydrogen (secondary N) is 1. The fraction of sp³-hybridized carbons (Fsp3) is 1.00. The number of ether oxygens (including phenoxy) is 1. The van der Waals surface area contributed by atoms with Gasteiger partial charge in [0.25, 0.3) is 0 Å². The van der Waals surface area contributed by atoms with E-state index in [2.05, 4.69) is 19.2 Å². The van der Waals surface area contributed by atoms with E-state index in [-0.39, 0.29) is 11.1 Å². The van der Waals surface area contributed by atoms with E-state index in [1.165, 1.54) is 38.5 Å². The van der Waals surface area contributed by atoms with Gasteiger partial charge in [0.2, 0.25) is 0 Å². The predicted octanol–water partition coefficient (Wildman–Crippen LogP) is 2.05. The average Bonchev–Trinajstić information content (AvgIpc) is 2.69. The Hall–Kier alpha value is -0.120. The molecular formula is C14H28N2O. The number of hydrogen-bond donors (Lipinski definition) is 2. The van der Waals surface area contributed by atoms with Crippen LogP contribution < -0.4 is 11.1 Å². The van der Waals surface area contributed by atoms with Crippen molar-refractivity contribution in [1.29, 1.82) is 0 Å². The first-order valence-corrected chi connectivity index (χ1v) is 7.14. The Morgan fingerprint density at radius 3 is 2.65 bits per heavy atom. The highest BCUT2D eigenvalue weighted by Gasteiger charge is 2.34. The molecule has 0 amide bonds. The summed E-state index contributed by atoms with van der Waals surface area (Å²) in [6, 6.07) is 0. The third kappa shape index (κ3) is 3.43. The highest BCUT2D eigenvalue weighted by atomic mass is 16.5. The van der Waals surface area contributed by atoms with Gasteiger partial charge in [0.1, 0.15) is 0 Å². The van der Waals surface area contributed by atoms with Crippen LogP contribution in [0.25, 0.3) is 0 Å². The molecule has 3 heteroatoms. The molecule has 2 rings (SSSR count). The normalized spacial score (nSPS) is 33.4. The van der Waals surface area contributed by atoms with Crippen LogP contribution in [-0.4, -0.2) is 30.8 Å². The van der Waals surface area contributed by atoms with E-state index in [1.807, 2.05) is 0 Å². The third-order valence-corrected chi connectivity index (χ3v) is 4.60. The summed E-state index contributed by atoms with van der Waals surface area (Å²) in [6.07, 6.45) is 7.78. The van der Waals surface area contributed by atoms with Crippen molar-refractivity contribution < 1.29 is 4.74 Å². The fourth-order valence-corrected chi connectivity index (χ4v) is 2.94. The van der Waals surface area contributed by atoms with Gasteiger partial charge in [-0.05, 0) is 39.0 Å². The van der Waals surface area contributed by atoms with Gasteiger partial charge in [-0.3, -0.25) is 0 Å². The van der Waals surface area contributed by atoms with Gasteiger partial charge in [0.05, 0.1) is 5.60 Å². The van der Waals surface area contributed by atoms with Crippen LogP contribution in [0.2, 0.25) is 0 Å². The summed E-state index contributed by atoms with van der Waals surface area (Å²) in [6.45, 7) is 7.06. The maximum Gasteiger partial charge on any atom is 0.0779 e. The van der Waals surface area contributed by atoms with Gasteiger partial charge in [0.15, 0.2) is 0 Å². The van der Waals surface area contributed by atoms with Crippen LogP contribution >= 0.6 is 0 Å². The van der Waals surface area contributed by atoms with E-state index < -0.39 is 0 Å². The van der Waals surface area contributed by atoms with Crippen molar-refractivity contribution in [3.05, 3.63) is 0 Å². The largest absolute Gasteiger partial charge is 0.374 e. The Morgan fingerprint density at radius 1 is 1.41 bits per heavy atom. The first-order valence-electron chi connectivity index (χ1n) is 7.14. The highest BCUT2D eigenvalue weighted by Crippen LogP contribution is 2.34. The van der Waals surface area contributed by atoms with Crippen LogP contribution in [0, 0.1) is 5.92 Å². The van der Waals surface area contributed by atoms with Crippen molar-refractivity contribution in [2.24, 2.45) is 11.7 Å². The Morgan fingerprint density at radius 2 is 2.18 bits per heavy atom. The van der Waals surface area contributed by atoms with E-state index in [0.717, 1.165) is 25.6 Å². The third-order valence-electron chi connectivity index (χ3n) is 4.60. The molecular weight excluding hydrogens is 212 g/mol. The topological polar surface area (TPSA) is 47.3 Å². The van der Waals surface area contributed by atoms with E-state index in [9.17, 15) is 0 Å². The molecule has 0 aromatic heterocycles. The molecule has 2 atom stereocenters. The van der Waals surface area contributed by atoms with Gasteiger partial charge in [-0.2, -0.15) is 0 Å². The predicted molar refractivity (Wildman–Crippen MR) is 71.0 cm³/mol. The SMILES string of the molecule is CC(CN)(CC1CCC1)NCC1(C)CCCO1. The zero-order chi connectivity index (χ0) is 12.4. The summed E-state index contributed by atoms with van der Waals surface area (Å²) in [5, 5.41) is 3.68. The van der Waals surface area contributed by atoms with Crippen LogP contribution in [-0.2, 0) is 4.74 Å². The lowest BCUT2D eigenvalue weighted by molar-refractivity contribution is 0.0131. The Bertz CT molecular complexity index is 247. The van der Waals surface area contributed by atoms with Crippen LogP contribution in [0.1, 0.15) is 52.4 Å². The van der Waals surface area contributed by atoms with E-state index >= 15 is 0 Å². The standard InChI is InChI=1S/C14H28N2O/c1-13(10-15,9-12-5-3-6-12)16-11-14(2)7-4-8-17-14/h12,16H,3-11,15H2,1-2H3. The molecule has 1 aliphatic heterocycles. The quantitative estimate of drug-likeness (QED) is 0.747. The van der Waals surface area contributed by atoms with Crippen LogP contribution in [0.4, 0.5) is 0 Å². The summed E-state index contributed by atoms with van der Waals surface area (Å²) in [4.78, 5) is 0. The molecule has 100 valence electrons. The lowest BCUT2D eigenvalue weighted by Gasteiger charge is -2.39. The van der Waals surface area contributed by atoms with E-state index in [1.54, 1.807) is 0 Å². The second-order valence-corrected chi connectivity index (χ2v) is 6.52. The molecule has 0 aromatic rings. The molecule has 2 aliphatic rings. The van der Waals surface area contributed by atoms with Crippen molar-refractivity contribution in [2.45, 2.75) is 63.5 Å². The number of hydrogen-bond acceptors (Lipinski definition) is 3. The molecule has 17 heavy (non-hydrogen) atoms. The lowest BCUT2D eigenvalue weighted by Crippen LogP contribution is -2.54. The Labute approximate surface area is 105 Å². The molecule has 2 fully saturated rings. The molecule has 0 spiro atoms. The minimum atomic E-state index is 0.0377. The maximum absolute atomic E-state index is 5.96. The van der Waals surface area contributed by atoms with Crippen molar-refractivity contribution in [2.75, 3.05) is 19.7 Å². The molecule has 0 aromatic carbocycles. The molecule has 1 saturated heterocycles. The summed E-state index contributed by atoms with van der Waals surface area (Å²) in [5.41, 5.74) is 6.09. The van der Waals surface area contributed by atoms with Crippen molar-refractivity contribution in [3.63, 3.8) is 0 Å². The minimum absolute atomic E-state index is 0.0377. The van der Waals surface area contributed by atoms with Crippen LogP contribution in [0.5, 0.6) is 0 Å². The number of rotatable bonds is 6. The summed E-state index contributed by atoms with van der Waals surface area (Å²) in [5.74, 6) is 0.897. The average molecular weight is 240 g/mol. The van der Waals surface area contributed by atoms with Gasteiger partial charge in [-0.25, -0.2) is 0 Å². The van der Waals surface area contributed by atoms with Crippen molar-refractivity contribution in [1.82, 2.24) is 5.32 Å². The van der Waals surface area contributed by atoms with Gasteiger partial charge in [-0.1, -0.05) is 19.3 Å².